The molecule has 1 heterocycles. The predicted molar refractivity (Wildman–Crippen MR) is 109 cm³/mol. The van der Waals surface area contributed by atoms with Gasteiger partial charge in [0.2, 0.25) is 5.69 Å². The molecule has 0 aliphatic carbocycles. The van der Waals surface area contributed by atoms with Crippen LogP contribution >= 0.6 is 0 Å². The highest BCUT2D eigenvalue weighted by Crippen LogP contribution is 2.38. The van der Waals surface area contributed by atoms with Gasteiger partial charge in [-0.15, -0.1) is 0 Å². The minimum Gasteiger partial charge on any atom is -0.741 e. The average Bonchev–Trinajstić information content (AvgIpc) is 2.50. The summed E-state index contributed by atoms with van der Waals surface area (Å²) in [5.41, 5.74) is -3.40. The first-order valence-electron chi connectivity index (χ1n) is 8.83. The maximum absolute atomic E-state index is 10.7. The maximum Gasteiger partial charge on any atom is 0.485 e. The van der Waals surface area contributed by atoms with E-state index < -0.39 is 23.9 Å². The summed E-state index contributed by atoms with van der Waals surface area (Å²) in [4.78, 5) is 0. The third kappa shape index (κ3) is 9.14. The van der Waals surface area contributed by atoms with E-state index in [9.17, 15) is 13.2 Å². The highest BCUT2D eigenvalue weighted by molar-refractivity contribution is 7.86. The first-order valence-corrected chi connectivity index (χ1v) is 13.1. The van der Waals surface area contributed by atoms with Crippen LogP contribution in [0.15, 0.2) is 43.1 Å². The van der Waals surface area contributed by atoms with Gasteiger partial charge in [-0.2, -0.15) is 17.7 Å². The molecular weight excluding hydrogens is 423 g/mol. The van der Waals surface area contributed by atoms with Gasteiger partial charge in [0.25, 0.3) is 8.32 Å². The van der Waals surface area contributed by atoms with Crippen LogP contribution in [-0.4, -0.2) is 26.8 Å². The van der Waals surface area contributed by atoms with Crippen molar-refractivity contribution >= 4 is 24.2 Å². The zero-order valence-corrected chi connectivity index (χ0v) is 19.6. The van der Waals surface area contributed by atoms with Gasteiger partial charge in [0.15, 0.2) is 28.6 Å². The molecule has 10 heteroatoms. The number of rotatable bonds is 6. The standard InChI is InChI=1S/C18H30NOSi.CHF3O3S/c1-15(2)12-14-19-13-10-9-11-17(19)16(3)20-21(7,8)18(4,5)6;2-1(3,4)8(5,6)7/h9-11,13H,1,3,12,14H2,2,4-8H3;(H,5,6,7)/q+1;/p-1. The Bertz CT molecular complexity index is 829. The number of allylic oxidation sites excluding steroid dienone is 1. The van der Waals surface area contributed by atoms with Gasteiger partial charge in [0.1, 0.15) is 0 Å². The molecule has 0 radical (unpaired) electrons. The number of alkyl halides is 3. The predicted octanol–water partition coefficient (Wildman–Crippen LogP) is 4.98. The molecule has 0 saturated heterocycles. The Kier molecular flexibility index (Phi) is 9.34. The Balaban J connectivity index is 0.000000828. The van der Waals surface area contributed by atoms with Crippen molar-refractivity contribution in [2.45, 2.75) is 64.3 Å². The number of hydrogen-bond acceptors (Lipinski definition) is 4. The van der Waals surface area contributed by atoms with E-state index in [1.807, 2.05) is 12.1 Å². The largest absolute Gasteiger partial charge is 0.741 e. The van der Waals surface area contributed by atoms with Gasteiger partial charge < -0.3 is 8.98 Å². The lowest BCUT2D eigenvalue weighted by atomic mass is 10.2. The Morgan fingerprint density at radius 2 is 1.69 bits per heavy atom. The van der Waals surface area contributed by atoms with E-state index in [1.165, 1.54) is 5.57 Å². The van der Waals surface area contributed by atoms with Crippen LogP contribution in [0.4, 0.5) is 13.2 Å². The zero-order chi connectivity index (χ0) is 23.3. The van der Waals surface area contributed by atoms with Gasteiger partial charge in [-0.1, -0.05) is 39.5 Å². The molecule has 0 unspecified atom stereocenters. The fourth-order valence-electron chi connectivity index (χ4n) is 1.75. The second-order valence-corrected chi connectivity index (χ2v) is 14.3. The van der Waals surface area contributed by atoms with Gasteiger partial charge in [-0.25, -0.2) is 8.42 Å². The molecule has 0 atom stereocenters. The summed E-state index contributed by atoms with van der Waals surface area (Å²) < 4.78 is 67.4. The van der Waals surface area contributed by atoms with Crippen LogP contribution < -0.4 is 4.57 Å². The zero-order valence-electron chi connectivity index (χ0n) is 17.8. The third-order valence-electron chi connectivity index (χ3n) is 4.47. The summed E-state index contributed by atoms with van der Waals surface area (Å²) in [5, 5.41) is 0.174. The molecule has 0 aromatic carbocycles. The van der Waals surface area contributed by atoms with Crippen LogP contribution in [0.1, 0.15) is 39.8 Å². The van der Waals surface area contributed by atoms with Crippen molar-refractivity contribution in [2.75, 3.05) is 0 Å². The van der Waals surface area contributed by atoms with Gasteiger partial charge in [0.05, 0.1) is 0 Å². The van der Waals surface area contributed by atoms with Crippen molar-refractivity contribution in [1.29, 1.82) is 0 Å². The van der Waals surface area contributed by atoms with E-state index in [2.05, 4.69) is 70.8 Å². The molecule has 0 bridgehead atoms. The van der Waals surface area contributed by atoms with Crippen molar-refractivity contribution in [3.8, 4) is 0 Å². The minimum atomic E-state index is -6.09. The van der Waals surface area contributed by atoms with Crippen molar-refractivity contribution in [1.82, 2.24) is 0 Å². The molecule has 0 aliphatic heterocycles. The lowest BCUT2D eigenvalue weighted by Gasteiger charge is -2.36. The Labute approximate surface area is 172 Å². The van der Waals surface area contributed by atoms with Gasteiger partial charge in [-0.05, 0) is 31.1 Å². The highest BCUT2D eigenvalue weighted by atomic mass is 32.2. The Hall–Kier alpha value is -1.65. The van der Waals surface area contributed by atoms with E-state index in [0.717, 1.165) is 24.4 Å². The Morgan fingerprint density at radius 1 is 1.21 bits per heavy atom. The smallest absolute Gasteiger partial charge is 0.485 e. The van der Waals surface area contributed by atoms with E-state index in [0.29, 0.717) is 0 Å². The lowest BCUT2D eigenvalue weighted by Crippen LogP contribution is -2.43. The van der Waals surface area contributed by atoms with Crippen LogP contribution in [0.3, 0.4) is 0 Å². The summed E-state index contributed by atoms with van der Waals surface area (Å²) >= 11 is 0. The summed E-state index contributed by atoms with van der Waals surface area (Å²) in [5.74, 6) is 0.781. The molecule has 0 N–H and O–H groups in total. The van der Waals surface area contributed by atoms with Crippen molar-refractivity contribution in [3.63, 3.8) is 0 Å². The number of aromatic nitrogens is 1. The highest BCUT2D eigenvalue weighted by Gasteiger charge is 2.40. The van der Waals surface area contributed by atoms with E-state index in [1.54, 1.807) is 0 Å². The quantitative estimate of drug-likeness (QED) is 0.152. The summed E-state index contributed by atoms with van der Waals surface area (Å²) in [6, 6.07) is 6.15. The molecule has 29 heavy (non-hydrogen) atoms. The van der Waals surface area contributed by atoms with Crippen molar-refractivity contribution in [2.24, 2.45) is 0 Å². The van der Waals surface area contributed by atoms with Gasteiger partial charge in [-0.3, -0.25) is 0 Å². The summed E-state index contributed by atoms with van der Waals surface area (Å²) in [6.07, 6.45) is 3.05. The average molecular weight is 454 g/mol. The second kappa shape index (κ2) is 9.90. The molecule has 166 valence electrons. The SMILES string of the molecule is C=C(C)CC[n+]1ccccc1C(=C)O[Si](C)(C)C(C)(C)C.O=S(=O)([O-])C(F)(F)F. The lowest BCUT2D eigenvalue weighted by molar-refractivity contribution is -0.699. The molecule has 1 rings (SSSR count). The van der Waals surface area contributed by atoms with Crippen molar-refractivity contribution in [3.05, 3.63) is 48.8 Å². The van der Waals surface area contributed by atoms with Crippen LogP contribution in [0.25, 0.3) is 5.76 Å². The monoisotopic (exact) mass is 453 g/mol. The molecule has 0 spiro atoms. The number of halogens is 3. The fourth-order valence-corrected chi connectivity index (χ4v) is 2.78. The number of aryl methyl sites for hydroxylation is 1. The molecule has 0 saturated carbocycles. The number of nitrogens with zero attached hydrogens (tertiary/aromatic N) is 1. The summed E-state index contributed by atoms with van der Waals surface area (Å²) in [7, 11) is -7.94. The fraction of sp³-hybridized carbons (Fsp3) is 0.526. The molecule has 0 aliphatic rings. The molecular formula is C19H30F3NO4SSi. The molecule has 1 aromatic rings. The Morgan fingerprint density at radius 3 is 2.07 bits per heavy atom. The molecule has 0 fully saturated rings. The van der Waals surface area contributed by atoms with Crippen molar-refractivity contribution < 1.29 is 35.1 Å². The first-order chi connectivity index (χ1) is 12.8. The van der Waals surface area contributed by atoms with Crippen LogP contribution in [0.5, 0.6) is 0 Å². The van der Waals surface area contributed by atoms with E-state index in [4.69, 9.17) is 17.4 Å². The van der Waals surface area contributed by atoms with E-state index in [-0.39, 0.29) is 5.04 Å². The third-order valence-corrected chi connectivity index (χ3v) is 9.41. The normalized spacial score (nSPS) is 12.6. The van der Waals surface area contributed by atoms with E-state index >= 15 is 0 Å². The summed E-state index contributed by atoms with van der Waals surface area (Å²) in [6.45, 7) is 22.4. The number of pyridine rings is 1. The minimum absolute atomic E-state index is 0.174. The molecule has 0 amide bonds. The van der Waals surface area contributed by atoms with Crippen LogP contribution in [0, 0.1) is 0 Å². The molecule has 5 nitrogen and oxygen atoms in total. The second-order valence-electron chi connectivity index (χ2n) is 8.17. The van der Waals surface area contributed by atoms with Gasteiger partial charge in [0, 0.05) is 18.6 Å². The number of hydrogen-bond donors (Lipinski definition) is 0. The van der Waals surface area contributed by atoms with Gasteiger partial charge >= 0.3 is 5.51 Å². The topological polar surface area (TPSA) is 70.3 Å². The first kappa shape index (κ1) is 27.3. The maximum atomic E-state index is 10.7. The van der Waals surface area contributed by atoms with Crippen LogP contribution in [0.2, 0.25) is 18.1 Å². The van der Waals surface area contributed by atoms with Crippen LogP contribution in [-0.2, 0) is 21.1 Å². The molecule has 1 aromatic heterocycles.